The maximum atomic E-state index is 10.8. The van der Waals surface area contributed by atoms with Crippen molar-refractivity contribution in [3.05, 3.63) is 28.8 Å². The monoisotopic (exact) mass is 380 g/mol. The largest absolute Gasteiger partial charge is 0.507 e. The van der Waals surface area contributed by atoms with Crippen LogP contribution < -0.4 is 0 Å². The Bertz CT molecular complexity index is 753. The fraction of sp³-hybridized carbons (Fsp3) is 0.720. The molecule has 1 heterocycles. The molecule has 152 valence electrons. The Kier molecular flexibility index (Phi) is 4.99. The molecule has 3 aliphatic carbocycles. The Morgan fingerprint density at radius 1 is 1.18 bits per heavy atom. The van der Waals surface area contributed by atoms with Gasteiger partial charge in [-0.2, -0.15) is 0 Å². The summed E-state index contributed by atoms with van der Waals surface area (Å²) >= 11 is 0. The molecule has 1 N–H and O–H groups in total. The van der Waals surface area contributed by atoms with E-state index in [-0.39, 0.29) is 0 Å². The van der Waals surface area contributed by atoms with Crippen LogP contribution in [-0.2, 0) is 11.8 Å². The van der Waals surface area contributed by atoms with Crippen LogP contribution in [0.25, 0.3) is 0 Å². The first-order valence-electron chi connectivity index (χ1n) is 11.8. The molecule has 0 aromatic heterocycles. The van der Waals surface area contributed by atoms with Crippen LogP contribution in [0.5, 0.6) is 5.75 Å². The van der Waals surface area contributed by atoms with Crippen molar-refractivity contribution in [2.45, 2.75) is 82.6 Å². The number of fused-ring (bicyclic) bond motifs is 1. The van der Waals surface area contributed by atoms with Crippen molar-refractivity contribution in [1.82, 2.24) is 4.90 Å². The molecule has 2 bridgehead atoms. The van der Waals surface area contributed by atoms with Gasteiger partial charge in [-0.1, -0.05) is 26.2 Å². The molecular weight excluding hydrogens is 344 g/mol. The van der Waals surface area contributed by atoms with E-state index in [0.717, 1.165) is 30.4 Å². The quantitative estimate of drug-likeness (QED) is 0.723. The van der Waals surface area contributed by atoms with E-state index in [1.165, 1.54) is 82.0 Å². The molecule has 1 aromatic rings. The maximum Gasteiger partial charge on any atom is 0.124 e. The van der Waals surface area contributed by atoms with Crippen LogP contribution >= 0.6 is 0 Å². The van der Waals surface area contributed by atoms with Crippen LogP contribution in [-0.4, -0.2) is 41.9 Å². The highest BCUT2D eigenvalue weighted by atomic mass is 16.3. The second kappa shape index (κ2) is 7.48. The average Bonchev–Trinajstić information content (AvgIpc) is 2.67. The minimum absolute atomic E-state index is 0.323. The topological polar surface area (TPSA) is 35.8 Å². The molecule has 0 radical (unpaired) electrons. The van der Waals surface area contributed by atoms with Crippen molar-refractivity contribution in [3.8, 4) is 5.75 Å². The number of phenolic OH excluding ortho intramolecular Hbond substituents is 1. The molecule has 5 rings (SSSR count). The van der Waals surface area contributed by atoms with Gasteiger partial charge < -0.3 is 5.11 Å². The van der Waals surface area contributed by atoms with Gasteiger partial charge in [-0.25, -0.2) is 0 Å². The molecule has 0 spiro atoms. The highest BCUT2D eigenvalue weighted by molar-refractivity contribution is 5.84. The number of benzene rings is 1. The van der Waals surface area contributed by atoms with E-state index in [9.17, 15) is 5.11 Å². The van der Waals surface area contributed by atoms with E-state index >= 15 is 0 Å². The molecule has 3 fully saturated rings. The van der Waals surface area contributed by atoms with Gasteiger partial charge in [0.15, 0.2) is 0 Å². The maximum absolute atomic E-state index is 10.8. The van der Waals surface area contributed by atoms with Crippen LogP contribution in [0.4, 0.5) is 0 Å². The van der Waals surface area contributed by atoms with Crippen LogP contribution in [0, 0.1) is 11.8 Å². The number of piperidine rings is 1. The van der Waals surface area contributed by atoms with Crippen molar-refractivity contribution in [2.75, 3.05) is 19.6 Å². The molecule has 1 aliphatic heterocycles. The molecule has 2 saturated carbocycles. The normalized spacial score (nSPS) is 32.8. The van der Waals surface area contributed by atoms with Gasteiger partial charge in [0.2, 0.25) is 0 Å². The number of hydrogen-bond acceptors (Lipinski definition) is 3. The third-order valence-corrected chi connectivity index (χ3v) is 8.39. The Labute approximate surface area is 170 Å². The van der Waals surface area contributed by atoms with Gasteiger partial charge in [0.05, 0.1) is 0 Å². The molecule has 1 saturated heterocycles. The van der Waals surface area contributed by atoms with Gasteiger partial charge in [-0.15, -0.1) is 0 Å². The zero-order valence-electron chi connectivity index (χ0n) is 17.5. The van der Waals surface area contributed by atoms with Crippen molar-refractivity contribution in [2.24, 2.45) is 16.8 Å². The highest BCUT2D eigenvalue weighted by Crippen LogP contribution is 2.56. The van der Waals surface area contributed by atoms with E-state index in [4.69, 9.17) is 0 Å². The molecular formula is C25H36N2O. The smallest absolute Gasteiger partial charge is 0.124 e. The number of phenols is 1. The summed E-state index contributed by atoms with van der Waals surface area (Å²) in [4.78, 5) is 7.37. The molecule has 3 atom stereocenters. The van der Waals surface area contributed by atoms with Gasteiger partial charge in [0.1, 0.15) is 5.75 Å². The summed E-state index contributed by atoms with van der Waals surface area (Å²) in [6.45, 7) is 5.57. The predicted molar refractivity (Wildman–Crippen MR) is 116 cm³/mol. The first kappa shape index (κ1) is 18.7. The Hall–Kier alpha value is -1.35. The zero-order chi connectivity index (χ0) is 19.1. The number of nitrogens with zero attached hydrogens (tertiary/aromatic N) is 2. The minimum Gasteiger partial charge on any atom is -0.507 e. The number of likely N-dealkylation sites (tertiary alicyclic amines) is 1. The lowest BCUT2D eigenvalue weighted by Crippen LogP contribution is -2.61. The SMILES string of the molecule is CCCN=Cc1cc2c(cc1O)[C@@]13CCCC[C@H]1[C@@H](C2)N(CC1CCC1)CC3. The summed E-state index contributed by atoms with van der Waals surface area (Å²) in [5, 5.41) is 10.8. The number of rotatable bonds is 5. The Morgan fingerprint density at radius 2 is 2.07 bits per heavy atom. The van der Waals surface area contributed by atoms with Gasteiger partial charge >= 0.3 is 0 Å². The first-order chi connectivity index (χ1) is 13.7. The number of aromatic hydroxyl groups is 1. The molecule has 0 amide bonds. The molecule has 1 aromatic carbocycles. The fourth-order valence-electron chi connectivity index (χ4n) is 6.78. The summed E-state index contributed by atoms with van der Waals surface area (Å²) in [5.74, 6) is 2.18. The second-order valence-electron chi connectivity index (χ2n) is 9.93. The third-order valence-electron chi connectivity index (χ3n) is 8.39. The predicted octanol–water partition coefficient (Wildman–Crippen LogP) is 5.08. The Morgan fingerprint density at radius 3 is 2.86 bits per heavy atom. The van der Waals surface area contributed by atoms with Gasteiger partial charge in [0, 0.05) is 36.3 Å². The lowest BCUT2D eigenvalue weighted by Gasteiger charge is -2.59. The molecule has 0 unspecified atom stereocenters. The second-order valence-corrected chi connectivity index (χ2v) is 9.93. The van der Waals surface area contributed by atoms with E-state index in [2.05, 4.69) is 28.9 Å². The van der Waals surface area contributed by atoms with Crippen molar-refractivity contribution < 1.29 is 5.11 Å². The van der Waals surface area contributed by atoms with Crippen molar-refractivity contribution >= 4 is 6.21 Å². The Balaban J connectivity index is 1.51. The third kappa shape index (κ3) is 3.01. The number of aliphatic imine (C=N–C) groups is 1. The standard InChI is InChI=1S/C25H36N2O/c1-2-11-26-16-20-13-19-14-23-21-8-3-4-9-25(21,22(19)15-24(20)28)10-12-27(23)17-18-6-5-7-18/h13,15-16,18,21,23,28H,2-12,14,17H2,1H3/t21-,23+,25+/m0/s1. The van der Waals surface area contributed by atoms with Gasteiger partial charge in [-0.05, 0) is 86.6 Å². The lowest BCUT2D eigenvalue weighted by atomic mass is 9.52. The van der Waals surface area contributed by atoms with Crippen LogP contribution in [0.15, 0.2) is 17.1 Å². The summed E-state index contributed by atoms with van der Waals surface area (Å²) in [5.41, 5.74) is 4.23. The van der Waals surface area contributed by atoms with Crippen LogP contribution in [0.2, 0.25) is 0 Å². The zero-order valence-corrected chi connectivity index (χ0v) is 17.5. The molecule has 4 aliphatic rings. The summed E-state index contributed by atoms with van der Waals surface area (Å²) in [6, 6.07) is 5.13. The average molecular weight is 381 g/mol. The fourth-order valence-corrected chi connectivity index (χ4v) is 6.78. The first-order valence-corrected chi connectivity index (χ1v) is 11.8. The number of hydrogen-bond donors (Lipinski definition) is 1. The molecule has 28 heavy (non-hydrogen) atoms. The lowest BCUT2D eigenvalue weighted by molar-refractivity contribution is -0.0240. The van der Waals surface area contributed by atoms with Gasteiger partial charge in [-0.3, -0.25) is 9.89 Å². The van der Waals surface area contributed by atoms with Gasteiger partial charge in [0.25, 0.3) is 0 Å². The van der Waals surface area contributed by atoms with Crippen molar-refractivity contribution in [3.63, 3.8) is 0 Å². The van der Waals surface area contributed by atoms with E-state index in [1.54, 1.807) is 0 Å². The summed E-state index contributed by atoms with van der Waals surface area (Å²) in [6.07, 6.45) is 15.2. The van der Waals surface area contributed by atoms with E-state index in [1.807, 2.05) is 6.21 Å². The molecule has 3 nitrogen and oxygen atoms in total. The van der Waals surface area contributed by atoms with E-state index < -0.39 is 0 Å². The van der Waals surface area contributed by atoms with Crippen molar-refractivity contribution in [1.29, 1.82) is 0 Å². The molecule has 3 heteroatoms. The van der Waals surface area contributed by atoms with E-state index in [0.29, 0.717) is 17.2 Å². The van der Waals surface area contributed by atoms with Crippen LogP contribution in [0.1, 0.15) is 81.4 Å². The summed E-state index contributed by atoms with van der Waals surface area (Å²) < 4.78 is 0. The van der Waals surface area contributed by atoms with Crippen LogP contribution in [0.3, 0.4) is 0 Å². The highest BCUT2D eigenvalue weighted by Gasteiger charge is 2.54. The summed E-state index contributed by atoms with van der Waals surface area (Å²) in [7, 11) is 0. The minimum atomic E-state index is 0.323.